The van der Waals surface area contributed by atoms with Crippen LogP contribution in [0.1, 0.15) is 42.5 Å². The molecule has 0 amide bonds. The molecule has 0 bridgehead atoms. The number of benzene rings is 2. The molecule has 1 aliphatic heterocycles. The van der Waals surface area contributed by atoms with Gasteiger partial charge in [-0.3, -0.25) is 5.32 Å². The summed E-state index contributed by atoms with van der Waals surface area (Å²) in [6.07, 6.45) is 0.726. The molecule has 142 valence electrons. The van der Waals surface area contributed by atoms with Crippen LogP contribution in [0.25, 0.3) is 5.57 Å². The molecular weight excluding hydrogens is 355 g/mol. The number of rotatable bonds is 5. The molecule has 0 spiro atoms. The van der Waals surface area contributed by atoms with Crippen molar-refractivity contribution in [3.63, 3.8) is 0 Å². The smallest absolute Gasteiger partial charge is 0.135 e. The van der Waals surface area contributed by atoms with Gasteiger partial charge in [0.05, 0.1) is 0 Å². The molecule has 0 aromatic heterocycles. The van der Waals surface area contributed by atoms with E-state index in [-0.39, 0.29) is 29.9 Å². The fourth-order valence-corrected chi connectivity index (χ4v) is 3.67. The minimum atomic E-state index is -1.21. The molecular formula is C21H20F3NO2. The van der Waals surface area contributed by atoms with Crippen LogP contribution in [0, 0.1) is 23.4 Å². The summed E-state index contributed by atoms with van der Waals surface area (Å²) in [4.78, 5) is 0. The SMILES string of the molecule is CC1=C(C(O)NC(c2cccc(F)c2)C2CC2)c2cc(F)cc(F)c2CO1. The Labute approximate surface area is 155 Å². The molecule has 2 aliphatic rings. The zero-order valence-electron chi connectivity index (χ0n) is 14.8. The number of aliphatic hydroxyl groups excluding tert-OH is 1. The zero-order chi connectivity index (χ0) is 19.1. The average molecular weight is 375 g/mol. The summed E-state index contributed by atoms with van der Waals surface area (Å²) in [7, 11) is 0. The fraction of sp³-hybridized carbons (Fsp3) is 0.333. The number of hydrogen-bond acceptors (Lipinski definition) is 3. The third kappa shape index (κ3) is 3.59. The summed E-state index contributed by atoms with van der Waals surface area (Å²) in [6, 6.07) is 7.99. The molecule has 2 N–H and O–H groups in total. The van der Waals surface area contributed by atoms with Gasteiger partial charge in [-0.25, -0.2) is 13.2 Å². The van der Waals surface area contributed by atoms with Gasteiger partial charge in [0.1, 0.15) is 36.0 Å². The molecule has 4 rings (SSSR count). The molecule has 2 aromatic carbocycles. The number of fused-ring (bicyclic) bond motifs is 1. The van der Waals surface area contributed by atoms with Gasteiger partial charge < -0.3 is 9.84 Å². The summed E-state index contributed by atoms with van der Waals surface area (Å²) >= 11 is 0. The van der Waals surface area contributed by atoms with Crippen molar-refractivity contribution < 1.29 is 23.0 Å². The maximum absolute atomic E-state index is 14.1. The van der Waals surface area contributed by atoms with Gasteiger partial charge in [0.2, 0.25) is 0 Å². The van der Waals surface area contributed by atoms with E-state index in [1.807, 2.05) is 0 Å². The van der Waals surface area contributed by atoms with Crippen molar-refractivity contribution in [3.05, 3.63) is 76.3 Å². The van der Waals surface area contributed by atoms with Gasteiger partial charge in [0.15, 0.2) is 0 Å². The quantitative estimate of drug-likeness (QED) is 0.760. The Hall–Kier alpha value is -2.31. The van der Waals surface area contributed by atoms with E-state index in [0.29, 0.717) is 16.9 Å². The van der Waals surface area contributed by atoms with Crippen LogP contribution in [0.15, 0.2) is 42.2 Å². The third-order valence-electron chi connectivity index (χ3n) is 5.17. The van der Waals surface area contributed by atoms with Gasteiger partial charge in [-0.1, -0.05) is 12.1 Å². The van der Waals surface area contributed by atoms with E-state index in [0.717, 1.165) is 24.5 Å². The lowest BCUT2D eigenvalue weighted by Gasteiger charge is -2.29. The van der Waals surface area contributed by atoms with Crippen molar-refractivity contribution in [3.8, 4) is 0 Å². The number of halogens is 3. The first-order valence-corrected chi connectivity index (χ1v) is 8.95. The highest BCUT2D eigenvalue weighted by atomic mass is 19.1. The van der Waals surface area contributed by atoms with E-state index in [1.54, 1.807) is 19.1 Å². The van der Waals surface area contributed by atoms with E-state index in [9.17, 15) is 18.3 Å². The minimum absolute atomic E-state index is 0.0144. The van der Waals surface area contributed by atoms with Crippen LogP contribution in [0.5, 0.6) is 0 Å². The van der Waals surface area contributed by atoms with Gasteiger partial charge in [-0.05, 0) is 55.0 Å². The first-order chi connectivity index (χ1) is 12.9. The number of nitrogens with one attached hydrogen (secondary N) is 1. The second-order valence-electron chi connectivity index (χ2n) is 7.11. The second-order valence-corrected chi connectivity index (χ2v) is 7.11. The summed E-state index contributed by atoms with van der Waals surface area (Å²) in [5, 5.41) is 14.0. The van der Waals surface area contributed by atoms with Gasteiger partial charge in [0, 0.05) is 23.2 Å². The summed E-state index contributed by atoms with van der Waals surface area (Å²) < 4.78 is 47.0. The highest BCUT2D eigenvalue weighted by molar-refractivity contribution is 5.73. The van der Waals surface area contributed by atoms with Crippen LogP contribution >= 0.6 is 0 Å². The van der Waals surface area contributed by atoms with Gasteiger partial charge >= 0.3 is 0 Å². The lowest BCUT2D eigenvalue weighted by atomic mass is 9.94. The molecule has 1 aliphatic carbocycles. The van der Waals surface area contributed by atoms with E-state index in [2.05, 4.69) is 5.32 Å². The van der Waals surface area contributed by atoms with E-state index in [4.69, 9.17) is 4.74 Å². The third-order valence-corrected chi connectivity index (χ3v) is 5.17. The molecule has 0 saturated heterocycles. The molecule has 2 atom stereocenters. The molecule has 2 unspecified atom stereocenters. The van der Waals surface area contributed by atoms with Crippen LogP contribution in [-0.4, -0.2) is 11.3 Å². The number of aliphatic hydroxyl groups is 1. The maximum atomic E-state index is 14.1. The molecule has 1 saturated carbocycles. The molecule has 6 heteroatoms. The largest absolute Gasteiger partial charge is 0.493 e. The zero-order valence-corrected chi connectivity index (χ0v) is 14.8. The van der Waals surface area contributed by atoms with Crippen molar-refractivity contribution >= 4 is 5.57 Å². The summed E-state index contributed by atoms with van der Waals surface area (Å²) in [6.45, 7) is 1.64. The standard InChI is InChI=1S/C21H20F3NO2/c1-11-19(16-8-15(23)9-18(24)17(16)10-27-11)21(26)25-20(12-5-6-12)13-3-2-4-14(22)7-13/h2-4,7-9,12,20-21,25-26H,5-6,10H2,1H3. The maximum Gasteiger partial charge on any atom is 0.135 e. The molecule has 1 fully saturated rings. The highest BCUT2D eigenvalue weighted by Gasteiger charge is 2.36. The van der Waals surface area contributed by atoms with Gasteiger partial charge in [0.25, 0.3) is 0 Å². The van der Waals surface area contributed by atoms with Gasteiger partial charge in [-0.15, -0.1) is 0 Å². The Balaban J connectivity index is 1.67. The summed E-state index contributed by atoms with van der Waals surface area (Å²) in [5.74, 6) is -1.09. The number of ether oxygens (including phenoxy) is 1. The van der Waals surface area contributed by atoms with Crippen molar-refractivity contribution in [2.24, 2.45) is 5.92 Å². The number of allylic oxidation sites excluding steroid dienone is 1. The predicted molar refractivity (Wildman–Crippen MR) is 94.7 cm³/mol. The molecule has 3 nitrogen and oxygen atoms in total. The Morgan fingerprint density at radius 2 is 1.89 bits per heavy atom. The van der Waals surface area contributed by atoms with E-state index >= 15 is 0 Å². The Morgan fingerprint density at radius 1 is 1.11 bits per heavy atom. The molecule has 2 aromatic rings. The number of hydrogen-bond donors (Lipinski definition) is 2. The van der Waals surface area contributed by atoms with Crippen LogP contribution in [0.4, 0.5) is 13.2 Å². The molecule has 0 radical (unpaired) electrons. The molecule has 1 heterocycles. The first-order valence-electron chi connectivity index (χ1n) is 8.95. The Kier molecular flexibility index (Phi) is 4.70. The lowest BCUT2D eigenvalue weighted by Crippen LogP contribution is -2.36. The minimum Gasteiger partial charge on any atom is -0.493 e. The van der Waals surface area contributed by atoms with Crippen LogP contribution in [0.3, 0.4) is 0 Å². The normalized spacial score (nSPS) is 18.7. The monoisotopic (exact) mass is 375 g/mol. The van der Waals surface area contributed by atoms with Crippen LogP contribution < -0.4 is 5.32 Å². The van der Waals surface area contributed by atoms with Gasteiger partial charge in [-0.2, -0.15) is 0 Å². The van der Waals surface area contributed by atoms with E-state index < -0.39 is 17.9 Å². The predicted octanol–water partition coefficient (Wildman–Crippen LogP) is 4.42. The lowest BCUT2D eigenvalue weighted by molar-refractivity contribution is 0.149. The average Bonchev–Trinajstić information content (AvgIpc) is 3.44. The van der Waals surface area contributed by atoms with Crippen molar-refractivity contribution in [1.82, 2.24) is 5.32 Å². The van der Waals surface area contributed by atoms with Crippen molar-refractivity contribution in [2.45, 2.75) is 38.6 Å². The van der Waals surface area contributed by atoms with Crippen molar-refractivity contribution in [1.29, 1.82) is 0 Å². The second kappa shape index (κ2) is 7.02. The topological polar surface area (TPSA) is 41.5 Å². The highest BCUT2D eigenvalue weighted by Crippen LogP contribution is 2.42. The fourth-order valence-electron chi connectivity index (χ4n) is 3.67. The Bertz CT molecular complexity index is 908. The first kappa shape index (κ1) is 18.1. The van der Waals surface area contributed by atoms with Crippen LogP contribution in [0.2, 0.25) is 0 Å². The van der Waals surface area contributed by atoms with E-state index in [1.165, 1.54) is 18.2 Å². The molecule has 27 heavy (non-hydrogen) atoms. The summed E-state index contributed by atoms with van der Waals surface area (Å²) in [5.41, 5.74) is 1.55. The van der Waals surface area contributed by atoms with Crippen LogP contribution in [-0.2, 0) is 11.3 Å². The van der Waals surface area contributed by atoms with Crippen molar-refractivity contribution in [2.75, 3.05) is 0 Å². The Morgan fingerprint density at radius 3 is 2.59 bits per heavy atom.